The molecule has 92 valence electrons. The molecule has 3 heteroatoms. The van der Waals surface area contributed by atoms with Gasteiger partial charge in [0.15, 0.2) is 0 Å². The Hall–Kier alpha value is -0.830. The zero-order chi connectivity index (χ0) is 11.8. The summed E-state index contributed by atoms with van der Waals surface area (Å²) in [7, 11) is 0. The summed E-state index contributed by atoms with van der Waals surface area (Å²) in [5, 5.41) is 7.75. The van der Waals surface area contributed by atoms with Crippen molar-refractivity contribution in [1.29, 1.82) is 0 Å². The number of hydrogen-bond donors (Lipinski definition) is 1. The average molecular weight is 223 g/mol. The highest BCUT2D eigenvalue weighted by atomic mass is 15.3. The van der Waals surface area contributed by atoms with Crippen LogP contribution in [0.1, 0.15) is 45.6 Å². The van der Waals surface area contributed by atoms with Crippen molar-refractivity contribution in [1.82, 2.24) is 15.1 Å². The van der Waals surface area contributed by atoms with E-state index in [4.69, 9.17) is 0 Å². The van der Waals surface area contributed by atoms with E-state index in [1.807, 2.05) is 6.20 Å². The van der Waals surface area contributed by atoms with Crippen molar-refractivity contribution in [3.8, 4) is 0 Å². The zero-order valence-electron chi connectivity index (χ0n) is 10.9. The second-order valence-electron chi connectivity index (χ2n) is 4.82. The molecule has 0 unspecified atom stereocenters. The Labute approximate surface area is 99.2 Å². The lowest BCUT2D eigenvalue weighted by Crippen LogP contribution is -2.13. The van der Waals surface area contributed by atoms with E-state index in [0.717, 1.165) is 25.6 Å². The van der Waals surface area contributed by atoms with E-state index < -0.39 is 0 Å². The van der Waals surface area contributed by atoms with Crippen LogP contribution in [0, 0.1) is 5.92 Å². The van der Waals surface area contributed by atoms with Crippen LogP contribution in [0.4, 0.5) is 0 Å². The third-order valence-electron chi connectivity index (χ3n) is 2.61. The molecule has 1 heterocycles. The maximum absolute atomic E-state index is 4.37. The van der Waals surface area contributed by atoms with Gasteiger partial charge in [-0.2, -0.15) is 5.10 Å². The molecule has 3 nitrogen and oxygen atoms in total. The Morgan fingerprint density at radius 3 is 2.94 bits per heavy atom. The number of aromatic nitrogens is 2. The topological polar surface area (TPSA) is 29.9 Å². The molecule has 1 aromatic rings. The van der Waals surface area contributed by atoms with Crippen LogP contribution in [0.5, 0.6) is 0 Å². The van der Waals surface area contributed by atoms with Gasteiger partial charge >= 0.3 is 0 Å². The number of nitrogens with zero attached hydrogens (tertiary/aromatic N) is 2. The smallest absolute Gasteiger partial charge is 0.0534 e. The van der Waals surface area contributed by atoms with Gasteiger partial charge in [0.05, 0.1) is 6.20 Å². The fraction of sp³-hybridized carbons (Fsp3) is 0.769. The van der Waals surface area contributed by atoms with E-state index >= 15 is 0 Å². The Kier molecular flexibility index (Phi) is 6.16. The van der Waals surface area contributed by atoms with Gasteiger partial charge < -0.3 is 5.32 Å². The Balaban J connectivity index is 2.22. The Bertz CT molecular complexity index is 278. The first-order valence-corrected chi connectivity index (χ1v) is 6.44. The van der Waals surface area contributed by atoms with Crippen molar-refractivity contribution >= 4 is 0 Å². The summed E-state index contributed by atoms with van der Waals surface area (Å²) >= 11 is 0. The number of nitrogens with one attached hydrogen (secondary N) is 1. The van der Waals surface area contributed by atoms with Gasteiger partial charge in [0.2, 0.25) is 0 Å². The molecule has 16 heavy (non-hydrogen) atoms. The molecule has 0 saturated heterocycles. The maximum Gasteiger partial charge on any atom is 0.0534 e. The number of aryl methyl sites for hydroxylation is 1. The quantitative estimate of drug-likeness (QED) is 0.687. The second kappa shape index (κ2) is 7.44. The molecule has 0 saturated carbocycles. The summed E-state index contributed by atoms with van der Waals surface area (Å²) in [6.07, 6.45) is 7.81. The van der Waals surface area contributed by atoms with Gasteiger partial charge in [-0.15, -0.1) is 0 Å². The predicted octanol–water partition coefficient (Wildman–Crippen LogP) is 2.82. The molecule has 1 rings (SSSR count). The molecule has 0 aromatic carbocycles. The predicted molar refractivity (Wildman–Crippen MR) is 68.3 cm³/mol. The second-order valence-corrected chi connectivity index (χ2v) is 4.82. The van der Waals surface area contributed by atoms with Crippen molar-refractivity contribution in [2.45, 2.75) is 53.1 Å². The van der Waals surface area contributed by atoms with E-state index in [1.54, 1.807) is 0 Å². The highest BCUT2D eigenvalue weighted by molar-refractivity contribution is 5.03. The van der Waals surface area contributed by atoms with Crippen LogP contribution >= 0.6 is 0 Å². The van der Waals surface area contributed by atoms with Crippen molar-refractivity contribution in [2.75, 3.05) is 6.54 Å². The molecule has 0 aliphatic heterocycles. The Morgan fingerprint density at radius 2 is 2.25 bits per heavy atom. The summed E-state index contributed by atoms with van der Waals surface area (Å²) in [5.74, 6) is 0.793. The fourth-order valence-corrected chi connectivity index (χ4v) is 1.69. The largest absolute Gasteiger partial charge is 0.313 e. The van der Waals surface area contributed by atoms with Gasteiger partial charge in [0.1, 0.15) is 0 Å². The third-order valence-corrected chi connectivity index (χ3v) is 2.61. The first kappa shape index (κ1) is 13.2. The van der Waals surface area contributed by atoms with E-state index in [-0.39, 0.29) is 0 Å². The molecule has 1 aromatic heterocycles. The summed E-state index contributed by atoms with van der Waals surface area (Å²) in [5.41, 5.74) is 1.29. The maximum atomic E-state index is 4.37. The Morgan fingerprint density at radius 1 is 1.44 bits per heavy atom. The SMILES string of the molecule is CCCNCc1cnn(CCCC(C)C)c1. The fourth-order valence-electron chi connectivity index (χ4n) is 1.69. The molecule has 0 radical (unpaired) electrons. The lowest BCUT2D eigenvalue weighted by molar-refractivity contribution is 0.489. The van der Waals surface area contributed by atoms with Crippen LogP contribution in [0.3, 0.4) is 0 Å². The van der Waals surface area contributed by atoms with Crippen LogP contribution < -0.4 is 5.32 Å². The summed E-state index contributed by atoms with van der Waals surface area (Å²) in [6.45, 7) is 9.79. The molecule has 0 aliphatic carbocycles. The minimum Gasteiger partial charge on any atom is -0.313 e. The van der Waals surface area contributed by atoms with Crippen LogP contribution in [0.15, 0.2) is 12.4 Å². The molecule has 0 amide bonds. The van der Waals surface area contributed by atoms with E-state index in [2.05, 4.69) is 42.1 Å². The van der Waals surface area contributed by atoms with Crippen molar-refractivity contribution in [3.63, 3.8) is 0 Å². The lowest BCUT2D eigenvalue weighted by atomic mass is 10.1. The monoisotopic (exact) mass is 223 g/mol. The van der Waals surface area contributed by atoms with Gasteiger partial charge in [-0.1, -0.05) is 20.8 Å². The van der Waals surface area contributed by atoms with Gasteiger partial charge in [-0.25, -0.2) is 0 Å². The number of rotatable bonds is 8. The summed E-state index contributed by atoms with van der Waals surface area (Å²) in [6, 6.07) is 0. The van der Waals surface area contributed by atoms with Gasteiger partial charge in [-0.3, -0.25) is 4.68 Å². The van der Waals surface area contributed by atoms with E-state index in [0.29, 0.717) is 0 Å². The van der Waals surface area contributed by atoms with Gasteiger partial charge in [0.25, 0.3) is 0 Å². The first-order valence-electron chi connectivity index (χ1n) is 6.44. The highest BCUT2D eigenvalue weighted by Gasteiger charge is 1.99. The van der Waals surface area contributed by atoms with Crippen molar-refractivity contribution in [3.05, 3.63) is 18.0 Å². The minimum atomic E-state index is 0.793. The summed E-state index contributed by atoms with van der Waals surface area (Å²) in [4.78, 5) is 0. The molecule has 1 N–H and O–H groups in total. The van der Waals surface area contributed by atoms with E-state index in [9.17, 15) is 0 Å². The standard InChI is InChI=1S/C13H25N3/c1-4-7-14-9-13-10-15-16(11-13)8-5-6-12(2)3/h10-12,14H,4-9H2,1-3H3. The van der Waals surface area contributed by atoms with Crippen LogP contribution in [0.2, 0.25) is 0 Å². The van der Waals surface area contributed by atoms with Gasteiger partial charge in [0, 0.05) is 24.8 Å². The summed E-state index contributed by atoms with van der Waals surface area (Å²) < 4.78 is 2.06. The number of hydrogen-bond acceptors (Lipinski definition) is 2. The van der Waals surface area contributed by atoms with Crippen molar-refractivity contribution in [2.24, 2.45) is 5.92 Å². The average Bonchev–Trinajstić information content (AvgIpc) is 2.66. The lowest BCUT2D eigenvalue weighted by Gasteiger charge is -2.04. The molecule has 0 aliphatic rings. The molecule has 0 atom stereocenters. The normalized spacial score (nSPS) is 11.2. The van der Waals surface area contributed by atoms with Crippen LogP contribution in [-0.4, -0.2) is 16.3 Å². The van der Waals surface area contributed by atoms with Crippen molar-refractivity contribution < 1.29 is 0 Å². The highest BCUT2D eigenvalue weighted by Crippen LogP contribution is 2.05. The van der Waals surface area contributed by atoms with Crippen LogP contribution in [0.25, 0.3) is 0 Å². The van der Waals surface area contributed by atoms with E-state index in [1.165, 1.54) is 24.8 Å². The molecular weight excluding hydrogens is 198 g/mol. The van der Waals surface area contributed by atoms with Gasteiger partial charge in [-0.05, 0) is 31.7 Å². The molecule has 0 fully saturated rings. The third kappa shape index (κ3) is 5.31. The molecular formula is C13H25N3. The molecule has 0 spiro atoms. The first-order chi connectivity index (χ1) is 7.72. The zero-order valence-corrected chi connectivity index (χ0v) is 10.9. The molecule has 0 bridgehead atoms. The van der Waals surface area contributed by atoms with Crippen LogP contribution in [-0.2, 0) is 13.1 Å². The minimum absolute atomic E-state index is 0.793.